The van der Waals surface area contributed by atoms with E-state index in [1.807, 2.05) is 38.1 Å². The molecule has 3 aromatic heterocycles. The lowest BCUT2D eigenvalue weighted by Gasteiger charge is -2.07. The Morgan fingerprint density at radius 2 is 2.00 bits per heavy atom. The smallest absolute Gasteiger partial charge is 0.224 e. The van der Waals surface area contributed by atoms with Gasteiger partial charge < -0.3 is 24.6 Å². The van der Waals surface area contributed by atoms with Gasteiger partial charge in [0, 0.05) is 18.3 Å². The normalized spacial score (nSPS) is 10.7. The van der Waals surface area contributed by atoms with Crippen LogP contribution in [0.15, 0.2) is 47.1 Å². The molecule has 0 atom stereocenters. The van der Waals surface area contributed by atoms with E-state index in [2.05, 4.69) is 36.0 Å². The highest BCUT2D eigenvalue weighted by molar-refractivity contribution is 5.53. The SMILES string of the molecule is COc1cc(C)cc(COc2cc(Nc3ccnc(NCc4cc(C)no4)n3)n[nH]2)c1. The molecular formula is C21H23N7O3. The topological polar surface area (TPSA) is 123 Å². The van der Waals surface area contributed by atoms with Crippen LogP contribution >= 0.6 is 0 Å². The van der Waals surface area contributed by atoms with Gasteiger partial charge in [0.1, 0.15) is 18.2 Å². The molecule has 4 aromatic rings. The summed E-state index contributed by atoms with van der Waals surface area (Å²) in [5.74, 6) is 3.67. The third kappa shape index (κ3) is 5.50. The second kappa shape index (κ2) is 9.16. The van der Waals surface area contributed by atoms with E-state index in [-0.39, 0.29) is 0 Å². The molecule has 160 valence electrons. The molecule has 3 N–H and O–H groups in total. The van der Waals surface area contributed by atoms with Gasteiger partial charge in [-0.25, -0.2) is 10.1 Å². The summed E-state index contributed by atoms with van der Waals surface area (Å²) in [5.41, 5.74) is 2.94. The van der Waals surface area contributed by atoms with Gasteiger partial charge in [0.2, 0.25) is 11.8 Å². The maximum absolute atomic E-state index is 5.80. The number of aromatic nitrogens is 5. The first-order valence-electron chi connectivity index (χ1n) is 9.66. The number of aryl methyl sites for hydroxylation is 2. The van der Waals surface area contributed by atoms with Crippen LogP contribution in [0.5, 0.6) is 11.6 Å². The highest BCUT2D eigenvalue weighted by Crippen LogP contribution is 2.21. The third-order valence-corrected chi connectivity index (χ3v) is 4.30. The predicted octanol–water partition coefficient (Wildman–Crippen LogP) is 3.75. The van der Waals surface area contributed by atoms with Crippen molar-refractivity contribution in [2.75, 3.05) is 17.7 Å². The predicted molar refractivity (Wildman–Crippen MR) is 115 cm³/mol. The van der Waals surface area contributed by atoms with Crippen LogP contribution < -0.4 is 20.1 Å². The molecule has 0 amide bonds. The average molecular weight is 421 g/mol. The van der Waals surface area contributed by atoms with Crippen molar-refractivity contribution in [3.63, 3.8) is 0 Å². The lowest BCUT2D eigenvalue weighted by molar-refractivity contribution is 0.292. The van der Waals surface area contributed by atoms with Crippen LogP contribution in [0.4, 0.5) is 17.6 Å². The highest BCUT2D eigenvalue weighted by atomic mass is 16.5. The van der Waals surface area contributed by atoms with Crippen molar-refractivity contribution in [3.8, 4) is 11.6 Å². The molecule has 0 saturated carbocycles. The Morgan fingerprint density at radius 1 is 1.10 bits per heavy atom. The van der Waals surface area contributed by atoms with Gasteiger partial charge in [-0.15, -0.1) is 0 Å². The number of methoxy groups -OCH3 is 1. The fraction of sp³-hybridized carbons (Fsp3) is 0.238. The van der Waals surface area contributed by atoms with Crippen LogP contribution in [0.2, 0.25) is 0 Å². The molecule has 0 aliphatic heterocycles. The Hall–Kier alpha value is -4.08. The van der Waals surface area contributed by atoms with Crippen molar-refractivity contribution in [3.05, 3.63) is 65.2 Å². The quantitative estimate of drug-likeness (QED) is 0.371. The van der Waals surface area contributed by atoms with Crippen molar-refractivity contribution in [1.29, 1.82) is 0 Å². The number of benzene rings is 1. The van der Waals surface area contributed by atoms with Gasteiger partial charge >= 0.3 is 0 Å². The third-order valence-electron chi connectivity index (χ3n) is 4.30. The Balaban J connectivity index is 1.34. The molecule has 0 unspecified atom stereocenters. The molecule has 0 fully saturated rings. The van der Waals surface area contributed by atoms with Crippen LogP contribution in [0.3, 0.4) is 0 Å². The molecular weight excluding hydrogens is 398 g/mol. The summed E-state index contributed by atoms with van der Waals surface area (Å²) < 4.78 is 16.3. The fourth-order valence-corrected chi connectivity index (χ4v) is 2.94. The summed E-state index contributed by atoms with van der Waals surface area (Å²) in [4.78, 5) is 8.62. The maximum atomic E-state index is 5.80. The first-order chi connectivity index (χ1) is 15.1. The minimum atomic E-state index is 0.391. The molecule has 0 aliphatic rings. The van der Waals surface area contributed by atoms with E-state index in [1.54, 1.807) is 25.4 Å². The minimum Gasteiger partial charge on any atom is -0.497 e. The standard InChI is InChI=1S/C21H23N7O3/c1-13-6-15(9-16(7-13)29-3)12-30-20-10-19(26-27-20)24-18-4-5-22-21(25-18)23-11-17-8-14(2)28-31-17/h4-10H,11-12H2,1-3H3,(H3,22,23,24,25,26,27). The van der Waals surface area contributed by atoms with Gasteiger partial charge in [-0.2, -0.15) is 10.1 Å². The number of nitrogens with one attached hydrogen (secondary N) is 3. The lowest BCUT2D eigenvalue weighted by atomic mass is 10.1. The molecule has 31 heavy (non-hydrogen) atoms. The zero-order chi connectivity index (χ0) is 21.6. The van der Waals surface area contributed by atoms with Gasteiger partial charge in [-0.05, 0) is 43.2 Å². The summed E-state index contributed by atoms with van der Waals surface area (Å²) in [7, 11) is 1.65. The average Bonchev–Trinajstić information content (AvgIpc) is 3.39. The maximum Gasteiger partial charge on any atom is 0.224 e. The summed E-state index contributed by atoms with van der Waals surface area (Å²) in [5, 5.41) is 17.1. The molecule has 0 radical (unpaired) electrons. The number of ether oxygens (including phenoxy) is 2. The largest absolute Gasteiger partial charge is 0.497 e. The number of hydrogen-bond acceptors (Lipinski definition) is 9. The Labute approximate surface area is 179 Å². The van der Waals surface area contributed by atoms with Crippen molar-refractivity contribution in [2.45, 2.75) is 27.0 Å². The molecule has 0 spiro atoms. The van der Waals surface area contributed by atoms with E-state index in [4.69, 9.17) is 14.0 Å². The molecule has 10 nitrogen and oxygen atoms in total. The molecule has 1 aromatic carbocycles. The number of anilines is 3. The minimum absolute atomic E-state index is 0.391. The highest BCUT2D eigenvalue weighted by Gasteiger charge is 2.07. The fourth-order valence-electron chi connectivity index (χ4n) is 2.94. The Bertz CT molecular complexity index is 1160. The van der Waals surface area contributed by atoms with E-state index in [1.165, 1.54) is 0 Å². The molecule has 3 heterocycles. The van der Waals surface area contributed by atoms with Crippen LogP contribution in [-0.4, -0.2) is 32.4 Å². The molecule has 10 heteroatoms. The summed E-state index contributed by atoms with van der Waals surface area (Å²) in [6.07, 6.45) is 1.65. The zero-order valence-electron chi connectivity index (χ0n) is 17.5. The van der Waals surface area contributed by atoms with Crippen molar-refractivity contribution in [1.82, 2.24) is 25.3 Å². The summed E-state index contributed by atoms with van der Waals surface area (Å²) in [6, 6.07) is 11.3. The van der Waals surface area contributed by atoms with Gasteiger partial charge in [-0.3, -0.25) is 0 Å². The molecule has 4 rings (SSSR count). The van der Waals surface area contributed by atoms with Crippen molar-refractivity contribution >= 4 is 17.6 Å². The number of nitrogens with zero attached hydrogens (tertiary/aromatic N) is 4. The number of H-pyrrole nitrogens is 1. The first kappa shape index (κ1) is 20.2. The van der Waals surface area contributed by atoms with Crippen LogP contribution in [0.1, 0.15) is 22.6 Å². The Morgan fingerprint density at radius 3 is 2.81 bits per heavy atom. The molecule has 0 saturated heterocycles. The lowest BCUT2D eigenvalue weighted by Crippen LogP contribution is -2.04. The first-order valence-corrected chi connectivity index (χ1v) is 9.66. The van der Waals surface area contributed by atoms with Crippen molar-refractivity contribution in [2.24, 2.45) is 0 Å². The van der Waals surface area contributed by atoms with Crippen LogP contribution in [0.25, 0.3) is 0 Å². The summed E-state index contributed by atoms with van der Waals surface area (Å²) >= 11 is 0. The Kier molecular flexibility index (Phi) is 5.97. The number of hydrogen-bond donors (Lipinski definition) is 3. The molecule has 0 bridgehead atoms. The second-order valence-electron chi connectivity index (χ2n) is 6.94. The van der Waals surface area contributed by atoms with Gasteiger partial charge in [-0.1, -0.05) is 11.2 Å². The van der Waals surface area contributed by atoms with Crippen LogP contribution in [-0.2, 0) is 13.2 Å². The van der Waals surface area contributed by atoms with E-state index >= 15 is 0 Å². The van der Waals surface area contributed by atoms with E-state index in [9.17, 15) is 0 Å². The van der Waals surface area contributed by atoms with Gasteiger partial charge in [0.05, 0.1) is 19.3 Å². The van der Waals surface area contributed by atoms with E-state index < -0.39 is 0 Å². The number of rotatable bonds is 9. The molecule has 0 aliphatic carbocycles. The summed E-state index contributed by atoms with van der Waals surface area (Å²) in [6.45, 7) is 4.71. The van der Waals surface area contributed by atoms with E-state index in [0.29, 0.717) is 42.4 Å². The van der Waals surface area contributed by atoms with Crippen molar-refractivity contribution < 1.29 is 14.0 Å². The van der Waals surface area contributed by atoms with E-state index in [0.717, 1.165) is 22.6 Å². The monoisotopic (exact) mass is 421 g/mol. The van der Waals surface area contributed by atoms with Gasteiger partial charge in [0.25, 0.3) is 0 Å². The number of aromatic amines is 1. The van der Waals surface area contributed by atoms with Crippen LogP contribution in [0, 0.1) is 13.8 Å². The zero-order valence-corrected chi connectivity index (χ0v) is 17.5. The van der Waals surface area contributed by atoms with Gasteiger partial charge in [0.15, 0.2) is 11.6 Å². The second-order valence-corrected chi connectivity index (χ2v) is 6.94.